The van der Waals surface area contributed by atoms with Crippen molar-refractivity contribution in [1.82, 2.24) is 0 Å². The highest BCUT2D eigenvalue weighted by atomic mass is 32.2. The summed E-state index contributed by atoms with van der Waals surface area (Å²) in [6, 6.07) is 44.0. The van der Waals surface area contributed by atoms with E-state index in [2.05, 4.69) is 93.6 Å². The van der Waals surface area contributed by atoms with Gasteiger partial charge in [-0.05, 0) is 130 Å². The summed E-state index contributed by atoms with van der Waals surface area (Å²) in [4.78, 5) is 3.20. The van der Waals surface area contributed by atoms with Gasteiger partial charge >= 0.3 is 20.2 Å². The van der Waals surface area contributed by atoms with E-state index in [9.17, 15) is 29.8 Å². The van der Waals surface area contributed by atoms with E-state index in [1.54, 1.807) is 38.1 Å². The van der Waals surface area contributed by atoms with Crippen LogP contribution in [0.25, 0.3) is 10.8 Å². The first kappa shape index (κ1) is 42.2. The number of fused-ring (bicyclic) bond motifs is 1. The van der Waals surface area contributed by atoms with Crippen molar-refractivity contribution in [1.29, 1.82) is 0 Å². The van der Waals surface area contributed by atoms with Gasteiger partial charge in [0, 0.05) is 0 Å². The van der Waals surface area contributed by atoms with Crippen LogP contribution in [-0.2, 0) is 41.2 Å². The average Bonchev–Trinajstić information content (AvgIpc) is 3.17. The Hall–Kier alpha value is -5.44. The Bertz CT molecular complexity index is 2790. The zero-order chi connectivity index (χ0) is 41.8. The lowest BCUT2D eigenvalue weighted by Gasteiger charge is -2.15. The smallest absolute Gasteiger partial charge is 0.339 e. The summed E-state index contributed by atoms with van der Waals surface area (Å²) in [6.45, 7) is 9.96. The van der Waals surface area contributed by atoms with Gasteiger partial charge in [0.25, 0.3) is 0 Å². The van der Waals surface area contributed by atoms with Gasteiger partial charge in [0.2, 0.25) is 0 Å². The van der Waals surface area contributed by atoms with Gasteiger partial charge < -0.3 is 12.9 Å². The second-order valence-corrected chi connectivity index (χ2v) is 20.2. The summed E-state index contributed by atoms with van der Waals surface area (Å²) in [7, 11) is -13.7. The predicted octanol–water partition coefficient (Wildman–Crippen LogP) is 9.60. The largest absolute Gasteiger partial charge is 0.744 e. The summed E-state index contributed by atoms with van der Waals surface area (Å²) in [5.41, 5.74) is 5.54. The van der Waals surface area contributed by atoms with Gasteiger partial charge in [-0.15, -0.1) is 0 Å². The summed E-state index contributed by atoms with van der Waals surface area (Å²) in [5.74, 6) is -0.962. The van der Waals surface area contributed by atoms with Crippen molar-refractivity contribution in [2.45, 2.75) is 64.0 Å². The molecule has 0 unspecified atom stereocenters. The van der Waals surface area contributed by atoms with Crippen molar-refractivity contribution in [2.75, 3.05) is 0 Å². The molecule has 7 aromatic rings. The Morgan fingerprint density at radius 3 is 1.00 bits per heavy atom. The Labute approximate surface area is 343 Å². The molecule has 0 aliphatic rings. The van der Waals surface area contributed by atoms with Crippen molar-refractivity contribution in [3.05, 3.63) is 179 Å². The minimum Gasteiger partial charge on any atom is -0.744 e. The van der Waals surface area contributed by atoms with Crippen LogP contribution in [0.4, 0.5) is 0 Å². The lowest BCUT2D eigenvalue weighted by atomic mass is 10.1. The highest BCUT2D eigenvalue weighted by molar-refractivity contribution is 7.97. The first-order chi connectivity index (χ1) is 27.4. The third kappa shape index (κ3) is 10.3. The fourth-order valence-electron chi connectivity index (χ4n) is 5.69. The first-order valence-corrected chi connectivity index (χ1v) is 23.3. The zero-order valence-electron chi connectivity index (χ0n) is 32.2. The Balaban J connectivity index is 0.000000220. The zero-order valence-corrected chi connectivity index (χ0v) is 35.5. The molecular formula is C45H40O9S4. The van der Waals surface area contributed by atoms with E-state index < -0.39 is 46.7 Å². The van der Waals surface area contributed by atoms with Gasteiger partial charge in [0.15, 0.2) is 26.2 Å². The van der Waals surface area contributed by atoms with E-state index in [1.165, 1.54) is 67.8 Å². The average molecular weight is 853 g/mol. The molecule has 0 aliphatic carbocycles. The van der Waals surface area contributed by atoms with Gasteiger partial charge in [-0.1, -0.05) is 94.5 Å². The SMILES string of the molecule is Cc1ccc(S(=O)(=O)Oc2cc3ccc(S(=O)(=O)[O-])cc3cc2OS(=O)(=O)c2ccc(C)cc2)cc1.Cc1ccc([S+](c2ccc(C)cc2)c2ccc(C)cc2)cc1. The van der Waals surface area contributed by atoms with Crippen LogP contribution in [0.1, 0.15) is 27.8 Å². The quantitative estimate of drug-likeness (QED) is 0.0747. The maximum atomic E-state index is 12.9. The third-order valence-corrected chi connectivity index (χ3v) is 14.5. The summed E-state index contributed by atoms with van der Waals surface area (Å²) in [6.07, 6.45) is 0. The van der Waals surface area contributed by atoms with Crippen molar-refractivity contribution in [3.63, 3.8) is 0 Å². The van der Waals surface area contributed by atoms with E-state index in [0.29, 0.717) is 0 Å². The van der Waals surface area contributed by atoms with Gasteiger partial charge in [-0.25, -0.2) is 8.42 Å². The second kappa shape index (κ2) is 17.2. The lowest BCUT2D eigenvalue weighted by molar-refractivity contribution is 0.450. The number of benzene rings is 7. The second-order valence-electron chi connectivity index (χ2n) is 13.7. The molecule has 0 aromatic heterocycles. The maximum Gasteiger partial charge on any atom is 0.339 e. The van der Waals surface area contributed by atoms with Crippen LogP contribution in [-0.4, -0.2) is 29.8 Å². The van der Waals surface area contributed by atoms with Crippen LogP contribution in [0.15, 0.2) is 181 Å². The van der Waals surface area contributed by atoms with E-state index in [-0.39, 0.29) is 31.5 Å². The third-order valence-electron chi connectivity index (χ3n) is 8.95. The van der Waals surface area contributed by atoms with E-state index in [4.69, 9.17) is 8.37 Å². The van der Waals surface area contributed by atoms with E-state index in [1.807, 2.05) is 0 Å². The molecule has 0 spiro atoms. The van der Waals surface area contributed by atoms with Crippen molar-refractivity contribution in [3.8, 4) is 11.5 Å². The Morgan fingerprint density at radius 1 is 0.379 bits per heavy atom. The Morgan fingerprint density at radius 2 is 0.672 bits per heavy atom. The van der Waals surface area contributed by atoms with E-state index >= 15 is 0 Å². The summed E-state index contributed by atoms with van der Waals surface area (Å²) in [5, 5.41) is 0.387. The normalized spacial score (nSPS) is 11.8. The molecule has 0 saturated carbocycles. The van der Waals surface area contributed by atoms with Crippen LogP contribution in [0.5, 0.6) is 11.5 Å². The van der Waals surface area contributed by atoms with Crippen LogP contribution in [0.2, 0.25) is 0 Å². The summed E-state index contributed by atoms with van der Waals surface area (Å²) >= 11 is 0. The standard InChI is InChI=1S/C24H20O9S3.C21H21S/c1-16-3-8-20(9-4-16)35(28,29)32-23-14-18-7-12-22(34(25,26)27)13-19(18)15-24(23)33-36(30,31)21-10-5-17(2)6-11-21;1-16-4-10-19(11-5-16)22(20-12-6-17(2)7-13-20)21-14-8-18(3)9-15-21/h3-15H,1-2H3,(H,25,26,27);4-15H,1-3H3/q;+1/p-1. The molecule has 7 rings (SSSR count). The minimum absolute atomic E-state index is 0.0394. The fraction of sp³-hybridized carbons (Fsp3) is 0.111. The molecule has 9 nitrogen and oxygen atoms in total. The number of rotatable bonds is 10. The lowest BCUT2D eigenvalue weighted by Crippen LogP contribution is -2.14. The van der Waals surface area contributed by atoms with Gasteiger partial charge in [-0.3, -0.25) is 0 Å². The molecule has 0 atom stereocenters. The predicted molar refractivity (Wildman–Crippen MR) is 226 cm³/mol. The molecule has 13 heteroatoms. The molecule has 0 heterocycles. The molecule has 0 N–H and O–H groups in total. The fourth-order valence-corrected chi connectivity index (χ4v) is 10.1. The minimum atomic E-state index is -4.80. The van der Waals surface area contributed by atoms with Gasteiger partial charge in [0.05, 0.1) is 15.8 Å². The summed E-state index contributed by atoms with van der Waals surface area (Å²) < 4.78 is 96.5. The highest BCUT2D eigenvalue weighted by Crippen LogP contribution is 2.37. The highest BCUT2D eigenvalue weighted by Gasteiger charge is 2.28. The van der Waals surface area contributed by atoms with Crippen molar-refractivity contribution < 1.29 is 38.2 Å². The molecule has 0 amide bonds. The molecule has 58 heavy (non-hydrogen) atoms. The number of hydrogen-bond acceptors (Lipinski definition) is 9. The maximum absolute atomic E-state index is 12.9. The van der Waals surface area contributed by atoms with Crippen LogP contribution >= 0.6 is 0 Å². The van der Waals surface area contributed by atoms with Crippen LogP contribution < -0.4 is 8.37 Å². The van der Waals surface area contributed by atoms with Gasteiger partial charge in [-0.2, -0.15) is 16.8 Å². The van der Waals surface area contributed by atoms with Crippen LogP contribution in [0.3, 0.4) is 0 Å². The molecule has 0 radical (unpaired) electrons. The molecule has 0 bridgehead atoms. The van der Waals surface area contributed by atoms with Gasteiger partial charge in [0.1, 0.15) is 19.9 Å². The monoisotopic (exact) mass is 852 g/mol. The van der Waals surface area contributed by atoms with Crippen molar-refractivity contribution in [2.24, 2.45) is 0 Å². The molecular weight excluding hydrogens is 813 g/mol. The van der Waals surface area contributed by atoms with E-state index in [0.717, 1.165) is 29.3 Å². The molecule has 0 saturated heterocycles. The molecule has 0 fully saturated rings. The molecule has 7 aromatic carbocycles. The topological polar surface area (TPSA) is 144 Å². The number of aryl methyl sites for hydroxylation is 5. The van der Waals surface area contributed by atoms with Crippen molar-refractivity contribution >= 4 is 52.0 Å². The molecule has 0 aliphatic heterocycles. The Kier molecular flexibility index (Phi) is 12.5. The number of hydrogen-bond donors (Lipinski definition) is 0. The van der Waals surface area contributed by atoms with Crippen LogP contribution in [0, 0.1) is 34.6 Å². The molecule has 298 valence electrons. The first-order valence-electron chi connectivity index (χ1n) is 17.9.